The number of fused-ring (bicyclic) bond motifs is 1. The van der Waals surface area contributed by atoms with Crippen molar-refractivity contribution in [2.24, 2.45) is 0 Å². The van der Waals surface area contributed by atoms with Crippen molar-refractivity contribution >= 4 is 22.5 Å². The van der Waals surface area contributed by atoms with Crippen LogP contribution in [0, 0.1) is 11.3 Å². The number of anilines is 2. The Morgan fingerprint density at radius 2 is 2.40 bits per heavy atom. The Balaban J connectivity index is 1.73. The Hall–Kier alpha value is -2.26. The molecule has 0 aliphatic carbocycles. The standard InChI is InChI=1S/C14H16N4O2/c15-5-3-10-2-1-9(8-20-10)18-13-11(16)7-17-12-4-6-19-14(12)13/h4,6-7,9-10H,1-3,8,16H2,(H,17,18)/t9-,10?/m0/s1. The average molecular weight is 272 g/mol. The molecule has 2 atom stereocenters. The summed E-state index contributed by atoms with van der Waals surface area (Å²) in [6, 6.07) is 4.12. The smallest absolute Gasteiger partial charge is 0.177 e. The van der Waals surface area contributed by atoms with Crippen LogP contribution in [0.3, 0.4) is 0 Å². The molecule has 2 aromatic heterocycles. The molecule has 1 unspecified atom stereocenters. The van der Waals surface area contributed by atoms with Gasteiger partial charge < -0.3 is 20.2 Å². The number of furan rings is 1. The molecule has 6 heteroatoms. The lowest BCUT2D eigenvalue weighted by Gasteiger charge is -2.29. The number of nitrogens with one attached hydrogen (secondary N) is 1. The molecule has 3 N–H and O–H groups in total. The van der Waals surface area contributed by atoms with E-state index in [9.17, 15) is 0 Å². The normalized spacial score (nSPS) is 22.6. The number of hydrogen-bond acceptors (Lipinski definition) is 6. The fourth-order valence-electron chi connectivity index (χ4n) is 2.46. The molecule has 1 aliphatic heterocycles. The Morgan fingerprint density at radius 3 is 3.15 bits per heavy atom. The quantitative estimate of drug-likeness (QED) is 0.889. The Bertz CT molecular complexity index is 638. The van der Waals surface area contributed by atoms with Crippen LogP contribution in [0.25, 0.3) is 11.1 Å². The first kappa shape index (κ1) is 12.8. The van der Waals surface area contributed by atoms with E-state index in [1.807, 2.05) is 0 Å². The van der Waals surface area contributed by atoms with Gasteiger partial charge in [0, 0.05) is 12.1 Å². The SMILES string of the molecule is N#CCC1CC[C@H](Nc2c(N)cnc3ccoc23)CO1. The van der Waals surface area contributed by atoms with Crippen molar-refractivity contribution in [3.8, 4) is 6.07 Å². The fourth-order valence-corrected chi connectivity index (χ4v) is 2.46. The molecule has 0 radical (unpaired) electrons. The van der Waals surface area contributed by atoms with Crippen molar-refractivity contribution < 1.29 is 9.15 Å². The first-order chi connectivity index (χ1) is 9.78. The van der Waals surface area contributed by atoms with E-state index in [2.05, 4.69) is 16.4 Å². The van der Waals surface area contributed by atoms with Gasteiger partial charge in [0.1, 0.15) is 11.2 Å². The van der Waals surface area contributed by atoms with E-state index in [-0.39, 0.29) is 12.1 Å². The summed E-state index contributed by atoms with van der Waals surface area (Å²) < 4.78 is 11.1. The highest BCUT2D eigenvalue weighted by Crippen LogP contribution is 2.30. The van der Waals surface area contributed by atoms with Gasteiger partial charge in [0.05, 0.1) is 43.3 Å². The number of aromatic nitrogens is 1. The third-order valence-corrected chi connectivity index (χ3v) is 3.54. The van der Waals surface area contributed by atoms with Crippen LogP contribution in [0.2, 0.25) is 0 Å². The maximum absolute atomic E-state index is 8.67. The van der Waals surface area contributed by atoms with Crippen LogP contribution >= 0.6 is 0 Å². The maximum atomic E-state index is 8.67. The largest absolute Gasteiger partial charge is 0.460 e. The number of hydrogen-bond donors (Lipinski definition) is 2. The number of ether oxygens (including phenoxy) is 1. The fraction of sp³-hybridized carbons (Fsp3) is 0.429. The van der Waals surface area contributed by atoms with E-state index >= 15 is 0 Å². The second kappa shape index (κ2) is 5.39. The molecule has 1 aliphatic rings. The summed E-state index contributed by atoms with van der Waals surface area (Å²) in [7, 11) is 0. The molecule has 104 valence electrons. The van der Waals surface area contributed by atoms with E-state index < -0.39 is 0 Å². The molecule has 0 spiro atoms. The molecule has 3 heterocycles. The molecule has 20 heavy (non-hydrogen) atoms. The van der Waals surface area contributed by atoms with E-state index in [4.69, 9.17) is 20.1 Å². The van der Waals surface area contributed by atoms with Crippen molar-refractivity contribution in [3.63, 3.8) is 0 Å². The summed E-state index contributed by atoms with van der Waals surface area (Å²) in [6.07, 6.45) is 5.54. The molecule has 0 amide bonds. The van der Waals surface area contributed by atoms with Gasteiger partial charge in [-0.1, -0.05) is 0 Å². The van der Waals surface area contributed by atoms with Crippen molar-refractivity contribution in [2.75, 3.05) is 17.7 Å². The lowest BCUT2D eigenvalue weighted by molar-refractivity contribution is 0.0127. The number of nitrogens with zero attached hydrogens (tertiary/aromatic N) is 2. The Labute approximate surface area is 116 Å². The first-order valence-corrected chi connectivity index (χ1v) is 6.64. The summed E-state index contributed by atoms with van der Waals surface area (Å²) in [4.78, 5) is 4.20. The number of nitrogens with two attached hydrogens (primary N) is 1. The molecule has 0 saturated carbocycles. The minimum atomic E-state index is 0.0523. The summed E-state index contributed by atoms with van der Waals surface area (Å²) in [5, 5.41) is 12.0. The molecule has 6 nitrogen and oxygen atoms in total. The highest BCUT2D eigenvalue weighted by Gasteiger charge is 2.23. The number of pyridine rings is 1. The highest BCUT2D eigenvalue weighted by molar-refractivity contribution is 5.92. The lowest BCUT2D eigenvalue weighted by Crippen LogP contribution is -2.34. The van der Waals surface area contributed by atoms with Gasteiger partial charge in [-0.05, 0) is 12.8 Å². The zero-order chi connectivity index (χ0) is 13.9. The molecule has 0 bridgehead atoms. The van der Waals surface area contributed by atoms with Crippen LogP contribution < -0.4 is 11.1 Å². The van der Waals surface area contributed by atoms with E-state index in [1.165, 1.54) is 0 Å². The molecule has 3 rings (SSSR count). The third kappa shape index (κ3) is 2.40. The van der Waals surface area contributed by atoms with Crippen LogP contribution in [0.5, 0.6) is 0 Å². The van der Waals surface area contributed by atoms with Gasteiger partial charge in [-0.2, -0.15) is 5.26 Å². The van der Waals surface area contributed by atoms with Crippen LogP contribution in [0.4, 0.5) is 11.4 Å². The predicted molar refractivity (Wildman–Crippen MR) is 75.0 cm³/mol. The first-order valence-electron chi connectivity index (χ1n) is 6.64. The van der Waals surface area contributed by atoms with Gasteiger partial charge in [-0.15, -0.1) is 0 Å². The minimum absolute atomic E-state index is 0.0523. The van der Waals surface area contributed by atoms with Gasteiger partial charge in [0.25, 0.3) is 0 Å². The summed E-state index contributed by atoms with van der Waals surface area (Å²) in [6.45, 7) is 0.566. The van der Waals surface area contributed by atoms with Crippen molar-refractivity contribution in [1.29, 1.82) is 5.26 Å². The van der Waals surface area contributed by atoms with Crippen molar-refractivity contribution in [1.82, 2.24) is 4.98 Å². The van der Waals surface area contributed by atoms with Gasteiger partial charge in [-0.25, -0.2) is 0 Å². The maximum Gasteiger partial charge on any atom is 0.177 e. The monoisotopic (exact) mass is 272 g/mol. The van der Waals surface area contributed by atoms with Crippen LogP contribution in [-0.4, -0.2) is 23.7 Å². The second-order valence-corrected chi connectivity index (χ2v) is 4.96. The lowest BCUT2D eigenvalue weighted by atomic mass is 10.0. The minimum Gasteiger partial charge on any atom is -0.460 e. The topological polar surface area (TPSA) is 97.1 Å². The van der Waals surface area contributed by atoms with Gasteiger partial charge >= 0.3 is 0 Å². The van der Waals surface area contributed by atoms with Crippen molar-refractivity contribution in [2.45, 2.75) is 31.4 Å². The average Bonchev–Trinajstić information content (AvgIpc) is 2.93. The second-order valence-electron chi connectivity index (χ2n) is 4.96. The summed E-state index contributed by atoms with van der Waals surface area (Å²) in [5.41, 5.74) is 8.75. The van der Waals surface area contributed by atoms with Crippen LogP contribution in [0.15, 0.2) is 22.9 Å². The number of rotatable bonds is 3. The highest BCUT2D eigenvalue weighted by atomic mass is 16.5. The van der Waals surface area contributed by atoms with E-state index in [0.29, 0.717) is 24.3 Å². The van der Waals surface area contributed by atoms with Crippen LogP contribution in [-0.2, 0) is 4.74 Å². The molecular formula is C14H16N4O2. The Kier molecular flexibility index (Phi) is 3.44. The molecular weight excluding hydrogens is 256 g/mol. The molecule has 0 aromatic carbocycles. The van der Waals surface area contributed by atoms with Crippen molar-refractivity contribution in [3.05, 3.63) is 18.5 Å². The predicted octanol–water partition coefficient (Wildman–Crippen LogP) is 2.28. The zero-order valence-corrected chi connectivity index (χ0v) is 11.0. The van der Waals surface area contributed by atoms with Crippen LogP contribution in [0.1, 0.15) is 19.3 Å². The molecule has 1 fully saturated rings. The molecule has 1 saturated heterocycles. The zero-order valence-electron chi connectivity index (χ0n) is 11.0. The van der Waals surface area contributed by atoms with Gasteiger partial charge in [-0.3, -0.25) is 4.98 Å². The Morgan fingerprint density at radius 1 is 1.50 bits per heavy atom. The van der Waals surface area contributed by atoms with E-state index in [0.717, 1.165) is 24.0 Å². The van der Waals surface area contributed by atoms with Gasteiger partial charge in [0.15, 0.2) is 5.58 Å². The summed E-state index contributed by atoms with van der Waals surface area (Å²) in [5.74, 6) is 0. The van der Waals surface area contributed by atoms with E-state index in [1.54, 1.807) is 18.5 Å². The summed E-state index contributed by atoms with van der Waals surface area (Å²) >= 11 is 0. The molecule has 2 aromatic rings. The number of nitrogen functional groups attached to an aromatic ring is 1. The third-order valence-electron chi connectivity index (χ3n) is 3.54. The number of nitriles is 1. The van der Waals surface area contributed by atoms with Gasteiger partial charge in [0.2, 0.25) is 0 Å².